The summed E-state index contributed by atoms with van der Waals surface area (Å²) in [5.41, 5.74) is 0.935. The van der Waals surface area contributed by atoms with Crippen LogP contribution in [0.15, 0.2) is 47.2 Å². The molecule has 1 aromatic carbocycles. The molecule has 0 bridgehead atoms. The van der Waals surface area contributed by atoms with Gasteiger partial charge in [-0.2, -0.15) is 0 Å². The van der Waals surface area contributed by atoms with Gasteiger partial charge in [-0.25, -0.2) is 0 Å². The standard InChI is InChI=1S/C19H19NO5/c1-3-4-9-20-18(23)14-10-13-15(19(24-2)25-14)17(22)12-8-6-5-7-11(12)16(13)21/h5-8,10,19H,3-4,9H2,1-2H3,(H,20,23). The van der Waals surface area contributed by atoms with Crippen molar-refractivity contribution in [3.8, 4) is 0 Å². The Morgan fingerprint density at radius 1 is 1.20 bits per heavy atom. The molecule has 1 unspecified atom stereocenters. The SMILES string of the molecule is CCCCNC(=O)C1=CC2=C(C(=O)c3ccccc3C2=O)C(OC)O1. The van der Waals surface area contributed by atoms with Crippen molar-refractivity contribution in [1.82, 2.24) is 5.32 Å². The molecule has 1 aromatic rings. The maximum atomic E-state index is 12.8. The van der Waals surface area contributed by atoms with Crippen molar-refractivity contribution in [2.45, 2.75) is 26.1 Å². The second-order valence-corrected chi connectivity index (χ2v) is 5.83. The molecule has 0 aromatic heterocycles. The van der Waals surface area contributed by atoms with Crippen LogP contribution < -0.4 is 5.32 Å². The molecule has 1 heterocycles. The number of carbonyl (C=O) groups excluding carboxylic acids is 3. The van der Waals surface area contributed by atoms with Crippen LogP contribution in [0.2, 0.25) is 0 Å². The Hall–Kier alpha value is -2.73. The lowest BCUT2D eigenvalue weighted by molar-refractivity contribution is -0.128. The van der Waals surface area contributed by atoms with Crippen LogP contribution in [-0.4, -0.2) is 37.4 Å². The second-order valence-electron chi connectivity index (χ2n) is 5.83. The van der Waals surface area contributed by atoms with E-state index >= 15 is 0 Å². The van der Waals surface area contributed by atoms with Crippen LogP contribution in [0.4, 0.5) is 0 Å². The van der Waals surface area contributed by atoms with Gasteiger partial charge in [0.2, 0.25) is 6.29 Å². The zero-order valence-corrected chi connectivity index (χ0v) is 14.1. The van der Waals surface area contributed by atoms with Crippen molar-refractivity contribution in [1.29, 1.82) is 0 Å². The van der Waals surface area contributed by atoms with Crippen LogP contribution in [0.1, 0.15) is 40.5 Å². The van der Waals surface area contributed by atoms with Gasteiger partial charge in [0.1, 0.15) is 0 Å². The van der Waals surface area contributed by atoms with Crippen molar-refractivity contribution in [3.05, 3.63) is 58.4 Å². The Morgan fingerprint density at radius 2 is 1.88 bits per heavy atom. The summed E-state index contributed by atoms with van der Waals surface area (Å²) in [7, 11) is 1.37. The number of Topliss-reactive ketones (excluding diaryl/α,β-unsaturated/α-hetero) is 2. The van der Waals surface area contributed by atoms with Crippen LogP contribution in [0.3, 0.4) is 0 Å². The van der Waals surface area contributed by atoms with Gasteiger partial charge < -0.3 is 14.8 Å². The highest BCUT2D eigenvalue weighted by Gasteiger charge is 2.40. The molecule has 1 aliphatic carbocycles. The molecule has 6 heteroatoms. The number of methoxy groups -OCH3 is 1. The summed E-state index contributed by atoms with van der Waals surface area (Å²) >= 11 is 0. The van der Waals surface area contributed by atoms with Gasteiger partial charge in [-0.3, -0.25) is 14.4 Å². The first kappa shape index (κ1) is 17.1. The minimum absolute atomic E-state index is 0.0257. The summed E-state index contributed by atoms with van der Waals surface area (Å²) in [6, 6.07) is 6.60. The van der Waals surface area contributed by atoms with Gasteiger partial charge in [-0.05, 0) is 12.5 Å². The Labute approximate surface area is 145 Å². The number of benzene rings is 1. The van der Waals surface area contributed by atoms with E-state index in [1.807, 2.05) is 6.92 Å². The summed E-state index contributed by atoms with van der Waals surface area (Å²) in [4.78, 5) is 37.8. The highest BCUT2D eigenvalue weighted by atomic mass is 16.7. The number of ketones is 2. The Kier molecular flexibility index (Phi) is 4.81. The highest BCUT2D eigenvalue weighted by Crippen LogP contribution is 2.34. The van der Waals surface area contributed by atoms with Crippen LogP contribution in [0.25, 0.3) is 0 Å². The fraction of sp³-hybridized carbons (Fsp3) is 0.316. The lowest BCUT2D eigenvalue weighted by atomic mass is 9.82. The second kappa shape index (κ2) is 7.03. The van der Waals surface area contributed by atoms with Gasteiger partial charge in [0.25, 0.3) is 5.91 Å². The molecule has 0 radical (unpaired) electrons. The molecular weight excluding hydrogens is 322 g/mol. The van der Waals surface area contributed by atoms with Crippen LogP contribution in [0.5, 0.6) is 0 Å². The summed E-state index contributed by atoms with van der Waals surface area (Å²) < 4.78 is 10.8. The molecule has 0 saturated heterocycles. The molecule has 0 fully saturated rings. The number of hydrogen-bond acceptors (Lipinski definition) is 5. The van der Waals surface area contributed by atoms with Crippen LogP contribution in [0, 0.1) is 0 Å². The fourth-order valence-corrected chi connectivity index (χ4v) is 2.88. The van der Waals surface area contributed by atoms with Crippen molar-refractivity contribution < 1.29 is 23.9 Å². The van der Waals surface area contributed by atoms with Crippen molar-refractivity contribution in [2.75, 3.05) is 13.7 Å². The summed E-state index contributed by atoms with van der Waals surface area (Å²) in [5, 5.41) is 2.73. The quantitative estimate of drug-likeness (QED) is 0.830. The molecule has 25 heavy (non-hydrogen) atoms. The molecule has 6 nitrogen and oxygen atoms in total. The van der Waals surface area contributed by atoms with Gasteiger partial charge in [-0.1, -0.05) is 37.6 Å². The first-order valence-corrected chi connectivity index (χ1v) is 8.20. The highest BCUT2D eigenvalue weighted by molar-refractivity contribution is 6.28. The fourth-order valence-electron chi connectivity index (χ4n) is 2.88. The number of fused-ring (bicyclic) bond motifs is 1. The maximum Gasteiger partial charge on any atom is 0.286 e. The molecule has 130 valence electrons. The Bertz CT molecular complexity index is 806. The number of amides is 1. The molecule has 0 saturated carbocycles. The molecule has 0 spiro atoms. The monoisotopic (exact) mass is 341 g/mol. The number of unbranched alkanes of at least 4 members (excludes halogenated alkanes) is 1. The number of hydrogen-bond donors (Lipinski definition) is 1. The Balaban J connectivity index is 1.99. The third-order valence-corrected chi connectivity index (χ3v) is 4.19. The first-order chi connectivity index (χ1) is 12.1. The summed E-state index contributed by atoms with van der Waals surface area (Å²) in [5.74, 6) is -1.09. The third-order valence-electron chi connectivity index (χ3n) is 4.19. The lowest BCUT2D eigenvalue weighted by Crippen LogP contribution is -2.37. The first-order valence-electron chi connectivity index (χ1n) is 8.20. The van der Waals surface area contributed by atoms with E-state index in [9.17, 15) is 14.4 Å². The van der Waals surface area contributed by atoms with E-state index in [1.165, 1.54) is 13.2 Å². The van der Waals surface area contributed by atoms with Gasteiger partial charge in [0.05, 0.1) is 5.57 Å². The molecule has 3 rings (SSSR count). The number of ether oxygens (including phenoxy) is 2. The average Bonchev–Trinajstić information content (AvgIpc) is 2.65. The number of rotatable bonds is 5. The zero-order chi connectivity index (χ0) is 18.0. The van der Waals surface area contributed by atoms with E-state index in [1.54, 1.807) is 24.3 Å². The summed E-state index contributed by atoms with van der Waals surface area (Å²) in [6.45, 7) is 2.53. The van der Waals surface area contributed by atoms with Crippen molar-refractivity contribution in [3.63, 3.8) is 0 Å². The topological polar surface area (TPSA) is 81.7 Å². The number of carbonyl (C=O) groups is 3. The van der Waals surface area contributed by atoms with Crippen molar-refractivity contribution >= 4 is 17.5 Å². The van der Waals surface area contributed by atoms with Gasteiger partial charge in [0, 0.05) is 30.4 Å². The van der Waals surface area contributed by atoms with Gasteiger partial charge in [-0.15, -0.1) is 0 Å². The van der Waals surface area contributed by atoms with Crippen LogP contribution >= 0.6 is 0 Å². The maximum absolute atomic E-state index is 12.8. The predicted octanol–water partition coefficient (Wildman–Crippen LogP) is 2.17. The van der Waals surface area contributed by atoms with E-state index in [4.69, 9.17) is 9.47 Å². The van der Waals surface area contributed by atoms with E-state index < -0.39 is 12.2 Å². The predicted molar refractivity (Wildman–Crippen MR) is 90.0 cm³/mol. The minimum Gasteiger partial charge on any atom is -0.455 e. The largest absolute Gasteiger partial charge is 0.455 e. The molecular formula is C19H19NO5. The van der Waals surface area contributed by atoms with E-state index in [-0.39, 0.29) is 28.5 Å². The van der Waals surface area contributed by atoms with E-state index in [0.29, 0.717) is 17.7 Å². The average molecular weight is 341 g/mol. The van der Waals surface area contributed by atoms with E-state index in [2.05, 4.69) is 5.32 Å². The number of allylic oxidation sites excluding steroid dienone is 2. The summed E-state index contributed by atoms with van der Waals surface area (Å²) in [6.07, 6.45) is 2.03. The lowest BCUT2D eigenvalue weighted by Gasteiger charge is -2.29. The molecule has 1 aliphatic heterocycles. The van der Waals surface area contributed by atoms with Gasteiger partial charge >= 0.3 is 0 Å². The molecule has 1 atom stereocenters. The van der Waals surface area contributed by atoms with E-state index in [0.717, 1.165) is 12.8 Å². The zero-order valence-electron chi connectivity index (χ0n) is 14.1. The third kappa shape index (κ3) is 3.00. The van der Waals surface area contributed by atoms with Crippen molar-refractivity contribution in [2.24, 2.45) is 0 Å². The van der Waals surface area contributed by atoms with Gasteiger partial charge in [0.15, 0.2) is 17.3 Å². The smallest absolute Gasteiger partial charge is 0.286 e. The molecule has 1 amide bonds. The Morgan fingerprint density at radius 3 is 2.52 bits per heavy atom. The normalized spacial score (nSPS) is 19.0. The van der Waals surface area contributed by atoms with Crippen LogP contribution in [-0.2, 0) is 14.3 Å². The molecule has 2 aliphatic rings. The molecule has 1 N–H and O–H groups in total. The number of nitrogens with one attached hydrogen (secondary N) is 1. The minimum atomic E-state index is -1.09.